The summed E-state index contributed by atoms with van der Waals surface area (Å²) in [5, 5.41) is 0. The van der Waals surface area contributed by atoms with E-state index in [9.17, 15) is 18.0 Å². The number of carbonyl (C=O) groups is 2. The van der Waals surface area contributed by atoms with Crippen molar-refractivity contribution in [3.05, 3.63) is 0 Å². The summed E-state index contributed by atoms with van der Waals surface area (Å²) in [6, 6.07) is 0. The number of rotatable bonds is 8. The minimum atomic E-state index is -4.11. The first-order chi connectivity index (χ1) is 8.41. The van der Waals surface area contributed by atoms with Crippen molar-refractivity contribution in [2.24, 2.45) is 0 Å². The molecule has 0 aromatic carbocycles. The number of carbonyl (C=O) groups excluding carboxylic acids is 2. The second kappa shape index (κ2) is 8.70. The van der Waals surface area contributed by atoms with Gasteiger partial charge in [0.15, 0.2) is 0 Å². The lowest BCUT2D eigenvalue weighted by molar-refractivity contribution is -0.141. The van der Waals surface area contributed by atoms with E-state index in [1.807, 2.05) is 11.6 Å². The van der Waals surface area contributed by atoms with Gasteiger partial charge < -0.3 is 9.47 Å². The molecule has 0 bridgehead atoms. The molecule has 0 atom stereocenters. The molecule has 0 fully saturated rings. The zero-order chi connectivity index (χ0) is 14.0. The lowest BCUT2D eigenvalue weighted by atomic mass is 10.4. The molecule has 0 aliphatic carbocycles. The Labute approximate surface area is 106 Å². The third kappa shape index (κ3) is 8.76. The summed E-state index contributed by atoms with van der Waals surface area (Å²) in [4.78, 5) is 21.9. The van der Waals surface area contributed by atoms with Crippen molar-refractivity contribution < 1.29 is 27.5 Å². The number of ether oxygens (including phenoxy) is 2. The van der Waals surface area contributed by atoms with Gasteiger partial charge in [-0.15, -0.1) is 0 Å². The molecule has 106 valence electrons. The number of hydrogen-bond donors (Lipinski definition) is 2. The SMILES string of the molecule is CCCCOC(=O)NS(=O)(=O)NCC(=O)OCC. The van der Waals surface area contributed by atoms with E-state index in [2.05, 4.69) is 9.47 Å². The molecule has 0 saturated carbocycles. The largest absolute Gasteiger partial charge is 0.465 e. The molecule has 2 N–H and O–H groups in total. The van der Waals surface area contributed by atoms with E-state index < -0.39 is 28.8 Å². The maximum atomic E-state index is 11.3. The van der Waals surface area contributed by atoms with Crippen molar-refractivity contribution >= 4 is 22.3 Å². The van der Waals surface area contributed by atoms with Gasteiger partial charge in [-0.25, -0.2) is 9.52 Å². The van der Waals surface area contributed by atoms with Crippen molar-refractivity contribution in [3.8, 4) is 0 Å². The highest BCUT2D eigenvalue weighted by atomic mass is 32.2. The second-order valence-corrected chi connectivity index (χ2v) is 4.72. The number of hydrogen-bond acceptors (Lipinski definition) is 6. The molecule has 0 aliphatic rings. The molecule has 0 unspecified atom stereocenters. The van der Waals surface area contributed by atoms with Crippen molar-refractivity contribution in [1.29, 1.82) is 0 Å². The quantitative estimate of drug-likeness (QED) is 0.475. The van der Waals surface area contributed by atoms with E-state index in [0.29, 0.717) is 6.42 Å². The minimum absolute atomic E-state index is 0.135. The van der Waals surface area contributed by atoms with Gasteiger partial charge in [-0.3, -0.25) is 4.79 Å². The van der Waals surface area contributed by atoms with E-state index in [-0.39, 0.29) is 13.2 Å². The van der Waals surface area contributed by atoms with Crippen LogP contribution in [-0.2, 0) is 24.5 Å². The Morgan fingerprint density at radius 3 is 2.39 bits per heavy atom. The fourth-order valence-electron chi connectivity index (χ4n) is 0.850. The predicted molar refractivity (Wildman–Crippen MR) is 62.9 cm³/mol. The number of amides is 1. The third-order valence-corrected chi connectivity index (χ3v) is 2.62. The maximum absolute atomic E-state index is 11.3. The molecule has 1 amide bonds. The van der Waals surface area contributed by atoms with Gasteiger partial charge in [0.05, 0.1) is 13.2 Å². The summed E-state index contributed by atoms with van der Waals surface area (Å²) in [5.41, 5.74) is 0. The van der Waals surface area contributed by atoms with Crippen LogP contribution >= 0.6 is 0 Å². The molecule has 0 rings (SSSR count). The normalized spacial score (nSPS) is 10.8. The number of unbranched alkanes of at least 4 members (excludes halogenated alkanes) is 1. The number of esters is 1. The highest BCUT2D eigenvalue weighted by Gasteiger charge is 2.16. The van der Waals surface area contributed by atoms with Gasteiger partial charge >= 0.3 is 22.3 Å². The van der Waals surface area contributed by atoms with Crippen LogP contribution in [-0.4, -0.2) is 40.2 Å². The van der Waals surface area contributed by atoms with Crippen LogP contribution in [0.5, 0.6) is 0 Å². The van der Waals surface area contributed by atoms with Crippen LogP contribution in [0.2, 0.25) is 0 Å². The zero-order valence-electron chi connectivity index (χ0n) is 10.4. The third-order valence-electron chi connectivity index (χ3n) is 1.66. The number of nitrogens with one attached hydrogen (secondary N) is 2. The molecular formula is C9H18N2O6S. The Balaban J connectivity index is 3.99. The van der Waals surface area contributed by atoms with E-state index in [0.717, 1.165) is 6.42 Å². The summed E-state index contributed by atoms with van der Waals surface area (Å²) >= 11 is 0. The summed E-state index contributed by atoms with van der Waals surface area (Å²) in [7, 11) is -4.11. The fraction of sp³-hybridized carbons (Fsp3) is 0.778. The molecule has 0 saturated heterocycles. The van der Waals surface area contributed by atoms with Crippen molar-refractivity contribution in [1.82, 2.24) is 9.44 Å². The first kappa shape index (κ1) is 16.6. The summed E-state index contributed by atoms with van der Waals surface area (Å²) < 4.78 is 35.1. The van der Waals surface area contributed by atoms with E-state index >= 15 is 0 Å². The van der Waals surface area contributed by atoms with Crippen molar-refractivity contribution in [2.75, 3.05) is 19.8 Å². The lowest BCUT2D eigenvalue weighted by Crippen LogP contribution is -2.42. The van der Waals surface area contributed by atoms with Crippen molar-refractivity contribution in [3.63, 3.8) is 0 Å². The van der Waals surface area contributed by atoms with E-state index in [4.69, 9.17) is 0 Å². The average molecular weight is 282 g/mol. The first-order valence-corrected chi connectivity index (χ1v) is 6.99. The van der Waals surface area contributed by atoms with Crippen LogP contribution < -0.4 is 9.44 Å². The Morgan fingerprint density at radius 2 is 1.83 bits per heavy atom. The molecule has 0 aliphatic heterocycles. The molecule has 0 spiro atoms. The lowest BCUT2D eigenvalue weighted by Gasteiger charge is -2.08. The summed E-state index contributed by atoms with van der Waals surface area (Å²) in [5.74, 6) is -0.734. The molecule has 0 aromatic heterocycles. The fourth-order valence-corrected chi connectivity index (χ4v) is 1.51. The van der Waals surface area contributed by atoms with Crippen molar-refractivity contribution in [2.45, 2.75) is 26.7 Å². The van der Waals surface area contributed by atoms with Crippen LogP contribution in [0.25, 0.3) is 0 Å². The second-order valence-electron chi connectivity index (χ2n) is 3.22. The van der Waals surface area contributed by atoms with E-state index in [1.54, 1.807) is 11.6 Å². The smallest absolute Gasteiger partial charge is 0.421 e. The molecule has 0 aromatic rings. The molecule has 18 heavy (non-hydrogen) atoms. The Morgan fingerprint density at radius 1 is 1.17 bits per heavy atom. The highest BCUT2D eigenvalue weighted by Crippen LogP contribution is 1.89. The summed E-state index contributed by atoms with van der Waals surface area (Å²) in [6.45, 7) is 3.23. The van der Waals surface area contributed by atoms with Gasteiger partial charge in [-0.1, -0.05) is 13.3 Å². The van der Waals surface area contributed by atoms with Crippen LogP contribution in [0.3, 0.4) is 0 Å². The van der Waals surface area contributed by atoms with Gasteiger partial charge in [0.1, 0.15) is 6.54 Å². The van der Waals surface area contributed by atoms with Gasteiger partial charge in [0.2, 0.25) is 0 Å². The monoisotopic (exact) mass is 282 g/mol. The molecule has 9 heteroatoms. The molecule has 8 nitrogen and oxygen atoms in total. The Kier molecular flexibility index (Phi) is 8.05. The minimum Gasteiger partial charge on any atom is -0.465 e. The topological polar surface area (TPSA) is 111 Å². The molecule has 0 radical (unpaired) electrons. The van der Waals surface area contributed by atoms with Crippen LogP contribution in [0.4, 0.5) is 4.79 Å². The van der Waals surface area contributed by atoms with E-state index in [1.165, 1.54) is 0 Å². The predicted octanol–water partition coefficient (Wildman–Crippen LogP) is -0.0898. The van der Waals surface area contributed by atoms with Gasteiger partial charge in [0.25, 0.3) is 0 Å². The summed E-state index contributed by atoms with van der Waals surface area (Å²) in [6.07, 6.45) is 0.380. The van der Waals surface area contributed by atoms with Gasteiger partial charge in [0, 0.05) is 0 Å². The maximum Gasteiger partial charge on any atom is 0.421 e. The molecular weight excluding hydrogens is 264 g/mol. The Hall–Kier alpha value is -1.35. The Bertz CT molecular complexity index is 367. The highest BCUT2D eigenvalue weighted by molar-refractivity contribution is 7.88. The average Bonchev–Trinajstić information content (AvgIpc) is 2.27. The van der Waals surface area contributed by atoms with Gasteiger partial charge in [-0.2, -0.15) is 13.1 Å². The van der Waals surface area contributed by atoms with Crippen LogP contribution in [0, 0.1) is 0 Å². The first-order valence-electron chi connectivity index (χ1n) is 5.51. The molecule has 0 heterocycles. The van der Waals surface area contributed by atoms with Gasteiger partial charge in [-0.05, 0) is 13.3 Å². The standard InChI is InChI=1S/C9H18N2O6S/c1-3-5-6-17-9(13)11-18(14,15)10-7-8(12)16-4-2/h10H,3-7H2,1-2H3,(H,11,13). The zero-order valence-corrected chi connectivity index (χ0v) is 11.2. The van der Waals surface area contributed by atoms with Crippen LogP contribution in [0.15, 0.2) is 0 Å². The van der Waals surface area contributed by atoms with Crippen LogP contribution in [0.1, 0.15) is 26.7 Å².